The highest BCUT2D eigenvalue weighted by molar-refractivity contribution is 6.33. The smallest absolute Gasteiger partial charge is 0.271 e. The number of hydrogen-bond donors (Lipinski definition) is 2. The van der Waals surface area contributed by atoms with Gasteiger partial charge in [0.05, 0.1) is 10.7 Å². The van der Waals surface area contributed by atoms with Crippen LogP contribution in [0.15, 0.2) is 18.2 Å². The fraction of sp³-hybridized carbons (Fsp3) is 0.438. The number of carbonyl (C=O) groups is 1. The average Bonchev–Trinajstić information content (AvgIpc) is 2.87. The van der Waals surface area contributed by atoms with Gasteiger partial charge in [0.25, 0.3) is 5.91 Å². The Morgan fingerprint density at radius 3 is 2.83 bits per heavy atom. The number of carbonyl (C=O) groups excluding carboxylic acids is 1. The van der Waals surface area contributed by atoms with Crippen LogP contribution in [0.5, 0.6) is 0 Å². The Morgan fingerprint density at radius 1 is 1.42 bits per heavy atom. The average molecular weight is 370 g/mol. The monoisotopic (exact) mass is 369 g/mol. The van der Waals surface area contributed by atoms with Crippen LogP contribution in [0.4, 0.5) is 0 Å². The summed E-state index contributed by atoms with van der Waals surface area (Å²) < 4.78 is 1.71. The summed E-state index contributed by atoms with van der Waals surface area (Å²) >= 11 is 6.17. The Morgan fingerprint density at radius 2 is 2.21 bits per heavy atom. The number of nitrogens with one attached hydrogen (secondary N) is 2. The highest BCUT2D eigenvalue weighted by atomic mass is 35.5. The lowest BCUT2D eigenvalue weighted by Crippen LogP contribution is -2.45. The number of halogens is 2. The van der Waals surface area contributed by atoms with Crippen LogP contribution >= 0.6 is 24.0 Å². The van der Waals surface area contributed by atoms with E-state index >= 15 is 0 Å². The predicted molar refractivity (Wildman–Crippen MR) is 96.4 cm³/mol. The molecule has 3 rings (SSSR count). The molecular weight excluding hydrogens is 349 g/mol. The normalized spacial score (nSPS) is 17.2. The number of piperidine rings is 1. The third kappa shape index (κ3) is 4.06. The molecule has 0 aromatic carbocycles. The lowest BCUT2D eigenvalue weighted by molar-refractivity contribution is 0.0925. The molecule has 0 saturated carbocycles. The topological polar surface area (TPSA) is 71.8 Å². The number of aryl methyl sites for hydroxylation is 2. The molecule has 1 aliphatic heterocycles. The summed E-state index contributed by atoms with van der Waals surface area (Å²) in [5, 5.41) is 11.0. The Balaban J connectivity index is 0.00000208. The molecule has 1 amide bonds. The largest absolute Gasteiger partial charge is 0.347 e. The molecule has 130 valence electrons. The summed E-state index contributed by atoms with van der Waals surface area (Å²) in [6.45, 7) is 5.64. The lowest BCUT2D eigenvalue weighted by Gasteiger charge is -2.23. The van der Waals surface area contributed by atoms with Gasteiger partial charge in [-0.15, -0.1) is 12.4 Å². The molecule has 0 aliphatic carbocycles. The van der Waals surface area contributed by atoms with Crippen LogP contribution in [0.25, 0.3) is 5.82 Å². The first-order valence-corrected chi connectivity index (χ1v) is 8.14. The first-order valence-electron chi connectivity index (χ1n) is 7.76. The van der Waals surface area contributed by atoms with E-state index in [0.29, 0.717) is 10.8 Å². The molecule has 2 aromatic rings. The zero-order valence-electron chi connectivity index (χ0n) is 13.7. The van der Waals surface area contributed by atoms with E-state index < -0.39 is 0 Å². The highest BCUT2D eigenvalue weighted by Gasteiger charge is 2.20. The summed E-state index contributed by atoms with van der Waals surface area (Å²) in [4.78, 5) is 16.9. The van der Waals surface area contributed by atoms with Crippen LogP contribution in [0, 0.1) is 13.8 Å². The van der Waals surface area contributed by atoms with Gasteiger partial charge >= 0.3 is 0 Å². The zero-order chi connectivity index (χ0) is 16.4. The van der Waals surface area contributed by atoms with Gasteiger partial charge < -0.3 is 10.6 Å². The maximum Gasteiger partial charge on any atom is 0.271 e. The van der Waals surface area contributed by atoms with Gasteiger partial charge in [-0.2, -0.15) is 5.10 Å². The summed E-state index contributed by atoms with van der Waals surface area (Å²) in [5.74, 6) is 0.346. The Bertz CT molecular complexity index is 725. The number of pyridine rings is 1. The quantitative estimate of drug-likeness (QED) is 0.871. The number of hydrogen-bond acceptors (Lipinski definition) is 4. The van der Waals surface area contributed by atoms with Crippen LogP contribution in [0.3, 0.4) is 0 Å². The summed E-state index contributed by atoms with van der Waals surface area (Å²) in [7, 11) is 0. The van der Waals surface area contributed by atoms with Crippen molar-refractivity contribution < 1.29 is 4.79 Å². The molecule has 2 aromatic heterocycles. The van der Waals surface area contributed by atoms with Crippen molar-refractivity contribution >= 4 is 29.9 Å². The van der Waals surface area contributed by atoms with E-state index in [-0.39, 0.29) is 30.0 Å². The van der Waals surface area contributed by atoms with Crippen LogP contribution in [0.2, 0.25) is 5.02 Å². The molecule has 6 nitrogen and oxygen atoms in total. The summed E-state index contributed by atoms with van der Waals surface area (Å²) in [6, 6.07) is 5.53. The number of aromatic nitrogens is 3. The lowest BCUT2D eigenvalue weighted by atomic mass is 10.1. The maximum atomic E-state index is 12.5. The van der Waals surface area contributed by atoms with Gasteiger partial charge in [-0.05, 0) is 51.4 Å². The van der Waals surface area contributed by atoms with Crippen LogP contribution in [0.1, 0.15) is 34.7 Å². The third-order valence-corrected chi connectivity index (χ3v) is 4.21. The molecule has 0 unspecified atom stereocenters. The molecular formula is C16H21Cl2N5O. The van der Waals surface area contributed by atoms with Gasteiger partial charge in [0.1, 0.15) is 5.69 Å². The Hall–Kier alpha value is -1.63. The van der Waals surface area contributed by atoms with Crippen LogP contribution < -0.4 is 10.6 Å². The van der Waals surface area contributed by atoms with Crippen molar-refractivity contribution in [2.75, 3.05) is 13.1 Å². The van der Waals surface area contributed by atoms with E-state index in [1.165, 1.54) is 0 Å². The van der Waals surface area contributed by atoms with Crippen LogP contribution in [-0.4, -0.2) is 39.8 Å². The van der Waals surface area contributed by atoms with E-state index in [9.17, 15) is 4.79 Å². The number of nitrogens with zero attached hydrogens (tertiary/aromatic N) is 3. The van der Waals surface area contributed by atoms with Crippen molar-refractivity contribution in [3.63, 3.8) is 0 Å². The van der Waals surface area contributed by atoms with Crippen molar-refractivity contribution in [2.24, 2.45) is 0 Å². The molecule has 0 spiro atoms. The predicted octanol–water partition coefficient (Wildman–Crippen LogP) is 2.44. The molecule has 3 heterocycles. The van der Waals surface area contributed by atoms with Gasteiger partial charge in [0.2, 0.25) is 0 Å². The number of amides is 1. The second-order valence-electron chi connectivity index (χ2n) is 5.86. The summed E-state index contributed by atoms with van der Waals surface area (Å²) in [6.07, 6.45) is 2.02. The molecule has 8 heteroatoms. The molecule has 0 bridgehead atoms. The van der Waals surface area contributed by atoms with Gasteiger partial charge in [0.15, 0.2) is 5.82 Å². The first kappa shape index (κ1) is 18.7. The summed E-state index contributed by atoms with van der Waals surface area (Å²) in [5.41, 5.74) is 2.10. The van der Waals surface area contributed by atoms with Gasteiger partial charge in [-0.1, -0.05) is 11.6 Å². The minimum atomic E-state index is -0.243. The van der Waals surface area contributed by atoms with Crippen molar-refractivity contribution in [1.82, 2.24) is 25.4 Å². The maximum absolute atomic E-state index is 12.5. The van der Waals surface area contributed by atoms with E-state index in [1.807, 2.05) is 19.9 Å². The molecule has 2 N–H and O–H groups in total. The van der Waals surface area contributed by atoms with Crippen molar-refractivity contribution in [2.45, 2.75) is 32.7 Å². The van der Waals surface area contributed by atoms with E-state index in [2.05, 4.69) is 20.7 Å². The van der Waals surface area contributed by atoms with Crippen molar-refractivity contribution in [3.05, 3.63) is 40.3 Å². The Kier molecular flexibility index (Phi) is 6.21. The van der Waals surface area contributed by atoms with Crippen LogP contribution in [-0.2, 0) is 0 Å². The van der Waals surface area contributed by atoms with Crippen molar-refractivity contribution in [1.29, 1.82) is 0 Å². The van der Waals surface area contributed by atoms with Crippen molar-refractivity contribution in [3.8, 4) is 5.82 Å². The standard InChI is InChI=1S/C16H20ClN5O.ClH/c1-10-8-11(2)22(21-10)14-6-5-13(17)15(20-14)16(23)19-12-4-3-7-18-9-12;/h5-6,8,12,18H,3-4,7,9H2,1-2H3,(H,19,23);1H/t12-;/m0./s1. The van der Waals surface area contributed by atoms with Gasteiger partial charge in [-0.3, -0.25) is 4.79 Å². The SMILES string of the molecule is Cc1cc(C)n(-c2ccc(Cl)c(C(=O)N[C@H]3CCCNC3)n2)n1.Cl. The minimum Gasteiger partial charge on any atom is -0.347 e. The number of rotatable bonds is 3. The second kappa shape index (κ2) is 7.96. The molecule has 1 atom stereocenters. The fourth-order valence-electron chi connectivity index (χ4n) is 2.80. The highest BCUT2D eigenvalue weighted by Crippen LogP contribution is 2.18. The first-order chi connectivity index (χ1) is 11.0. The fourth-order valence-corrected chi connectivity index (χ4v) is 2.99. The minimum absolute atomic E-state index is 0. The second-order valence-corrected chi connectivity index (χ2v) is 6.26. The zero-order valence-corrected chi connectivity index (χ0v) is 15.2. The molecule has 1 saturated heterocycles. The molecule has 1 fully saturated rings. The Labute approximate surface area is 152 Å². The van der Waals surface area contributed by atoms with Gasteiger partial charge in [0, 0.05) is 18.3 Å². The van der Waals surface area contributed by atoms with E-state index in [1.54, 1.807) is 16.8 Å². The van der Waals surface area contributed by atoms with E-state index in [4.69, 9.17) is 11.6 Å². The molecule has 0 radical (unpaired) electrons. The molecule has 1 aliphatic rings. The third-order valence-electron chi connectivity index (χ3n) is 3.91. The van der Waals surface area contributed by atoms with E-state index in [0.717, 1.165) is 37.3 Å². The molecule has 24 heavy (non-hydrogen) atoms. The van der Waals surface area contributed by atoms with Gasteiger partial charge in [-0.25, -0.2) is 9.67 Å².